The van der Waals surface area contributed by atoms with Crippen molar-refractivity contribution < 1.29 is 17.5 Å². The normalized spacial score (nSPS) is 11.2. The minimum absolute atomic E-state index is 0. The molecule has 28 heavy (non-hydrogen) atoms. The summed E-state index contributed by atoms with van der Waals surface area (Å²) in [5, 5.41) is 15.7. The molecule has 1 aromatic heterocycles. The number of hydrogen-bond acceptors (Lipinski definition) is 3. The van der Waals surface area contributed by atoms with Crippen molar-refractivity contribution in [1.29, 1.82) is 0 Å². The van der Waals surface area contributed by atoms with Crippen molar-refractivity contribution in [2.75, 3.05) is 18.5 Å². The zero-order valence-electron chi connectivity index (χ0n) is 17.4. The van der Waals surface area contributed by atoms with Gasteiger partial charge >= 0.3 is 5.56 Å². The maximum Gasteiger partial charge on any atom is 0.317 e. The van der Waals surface area contributed by atoms with Crippen LogP contribution in [0.4, 0.5) is 0 Å². The lowest BCUT2D eigenvalue weighted by atomic mass is 10.3. The zero-order chi connectivity index (χ0) is 19.7. The SMILES string of the molecule is CCCC[P+](CCCC)(CCCC)c1c(O)cnn(-c2ccccc2)c1=O.[Cl-]. The van der Waals surface area contributed by atoms with E-state index in [1.165, 1.54) is 10.9 Å². The van der Waals surface area contributed by atoms with Crippen LogP contribution < -0.4 is 23.3 Å². The van der Waals surface area contributed by atoms with Crippen molar-refractivity contribution in [3.05, 3.63) is 46.9 Å². The van der Waals surface area contributed by atoms with Gasteiger partial charge in [0, 0.05) is 0 Å². The monoisotopic (exact) mass is 424 g/mol. The quantitative estimate of drug-likeness (QED) is 0.561. The highest BCUT2D eigenvalue weighted by Crippen LogP contribution is 2.60. The average Bonchev–Trinajstić information content (AvgIpc) is 2.69. The number of nitrogens with zero attached hydrogens (tertiary/aromatic N) is 2. The summed E-state index contributed by atoms with van der Waals surface area (Å²) in [6, 6.07) is 9.52. The number of para-hydroxylation sites is 1. The Labute approximate surface area is 176 Å². The summed E-state index contributed by atoms with van der Waals surface area (Å²) < 4.78 is 1.47. The van der Waals surface area contributed by atoms with Crippen LogP contribution in [0.1, 0.15) is 59.3 Å². The molecule has 0 radical (unpaired) electrons. The van der Waals surface area contributed by atoms with Crippen molar-refractivity contribution in [2.24, 2.45) is 0 Å². The summed E-state index contributed by atoms with van der Waals surface area (Å²) in [4.78, 5) is 13.5. The van der Waals surface area contributed by atoms with Gasteiger partial charge in [-0.3, -0.25) is 4.79 Å². The molecule has 0 fully saturated rings. The number of aromatic hydroxyl groups is 1. The van der Waals surface area contributed by atoms with E-state index < -0.39 is 7.26 Å². The van der Waals surface area contributed by atoms with Crippen LogP contribution in [-0.2, 0) is 0 Å². The van der Waals surface area contributed by atoms with E-state index >= 15 is 0 Å². The highest BCUT2D eigenvalue weighted by Gasteiger charge is 2.44. The Hall–Kier alpha value is -1.38. The fourth-order valence-corrected chi connectivity index (χ4v) is 8.84. The molecular formula is C22H34ClN2O2P. The molecule has 0 bridgehead atoms. The molecule has 0 unspecified atom stereocenters. The van der Waals surface area contributed by atoms with Crippen LogP contribution in [0.5, 0.6) is 5.75 Å². The minimum atomic E-state index is -1.74. The van der Waals surface area contributed by atoms with Crippen LogP contribution in [0.2, 0.25) is 0 Å². The third kappa shape index (κ3) is 5.81. The highest BCUT2D eigenvalue weighted by molar-refractivity contribution is 7.83. The van der Waals surface area contributed by atoms with Crippen LogP contribution in [-0.4, -0.2) is 33.4 Å². The topological polar surface area (TPSA) is 55.1 Å². The molecule has 4 nitrogen and oxygen atoms in total. The summed E-state index contributed by atoms with van der Waals surface area (Å²) >= 11 is 0. The highest BCUT2D eigenvalue weighted by atomic mass is 35.5. The van der Waals surface area contributed by atoms with Crippen LogP contribution >= 0.6 is 7.26 Å². The molecule has 0 atom stereocenters. The number of hydrogen-bond donors (Lipinski definition) is 1. The second kappa shape index (κ2) is 12.2. The first kappa shape index (κ1) is 24.7. The van der Waals surface area contributed by atoms with Crippen LogP contribution in [0.15, 0.2) is 41.3 Å². The van der Waals surface area contributed by atoms with Gasteiger partial charge in [-0.2, -0.15) is 9.78 Å². The molecule has 1 N–H and O–H groups in total. The molecule has 2 rings (SSSR count). The standard InChI is InChI=1S/C22H33N2O2P.ClH/c1-4-7-15-27(16-8-5-2,17-9-6-3)21-20(25)18-23-24(22(21)26)19-13-11-10-12-14-19;/h10-14,18H,4-9,15-17H2,1-3H3;1H. The van der Waals surface area contributed by atoms with E-state index in [2.05, 4.69) is 25.9 Å². The molecule has 1 heterocycles. The van der Waals surface area contributed by atoms with Gasteiger partial charge < -0.3 is 17.5 Å². The van der Waals surface area contributed by atoms with Crippen molar-refractivity contribution in [1.82, 2.24) is 9.78 Å². The van der Waals surface area contributed by atoms with Gasteiger partial charge in [-0.05, 0) is 31.4 Å². The second-order valence-corrected chi connectivity index (χ2v) is 11.4. The fourth-order valence-electron chi connectivity index (χ4n) is 3.69. The lowest BCUT2D eigenvalue weighted by Gasteiger charge is -2.27. The predicted molar refractivity (Wildman–Crippen MR) is 117 cm³/mol. The number of halogens is 1. The molecule has 0 aliphatic heterocycles. The molecule has 0 aliphatic carbocycles. The molecule has 0 amide bonds. The van der Waals surface area contributed by atoms with Crippen LogP contribution in [0, 0.1) is 0 Å². The summed E-state index contributed by atoms with van der Waals surface area (Å²) in [6.07, 6.45) is 11.3. The summed E-state index contributed by atoms with van der Waals surface area (Å²) in [7, 11) is -1.74. The van der Waals surface area contributed by atoms with E-state index in [4.69, 9.17) is 0 Å². The van der Waals surface area contributed by atoms with E-state index in [1.54, 1.807) is 0 Å². The summed E-state index contributed by atoms with van der Waals surface area (Å²) in [6.45, 7) is 6.59. The van der Waals surface area contributed by atoms with E-state index in [9.17, 15) is 9.90 Å². The van der Waals surface area contributed by atoms with Gasteiger partial charge in [0.15, 0.2) is 5.75 Å². The van der Waals surface area contributed by atoms with Gasteiger partial charge in [0.05, 0.1) is 37.6 Å². The first-order chi connectivity index (χ1) is 13.1. The molecule has 0 spiro atoms. The van der Waals surface area contributed by atoms with E-state index in [1.807, 2.05) is 30.3 Å². The first-order valence-electron chi connectivity index (χ1n) is 10.3. The first-order valence-corrected chi connectivity index (χ1v) is 12.7. The Morgan fingerprint density at radius 1 is 0.929 bits per heavy atom. The third-order valence-corrected chi connectivity index (χ3v) is 10.1. The minimum Gasteiger partial charge on any atom is -1.00 e. The Morgan fingerprint density at radius 2 is 1.43 bits per heavy atom. The number of aromatic nitrogens is 2. The van der Waals surface area contributed by atoms with Gasteiger partial charge in [0.2, 0.25) is 5.30 Å². The van der Waals surface area contributed by atoms with Crippen molar-refractivity contribution in [2.45, 2.75) is 59.3 Å². The summed E-state index contributed by atoms with van der Waals surface area (Å²) in [5.41, 5.74) is 0.626. The molecule has 0 saturated carbocycles. The van der Waals surface area contributed by atoms with Gasteiger partial charge in [-0.1, -0.05) is 58.2 Å². The zero-order valence-corrected chi connectivity index (χ0v) is 19.1. The van der Waals surface area contributed by atoms with E-state index in [0.29, 0.717) is 5.30 Å². The van der Waals surface area contributed by atoms with Crippen molar-refractivity contribution >= 4 is 12.6 Å². The third-order valence-electron chi connectivity index (χ3n) is 5.23. The number of unbranched alkanes of at least 4 members (excludes halogenated alkanes) is 3. The molecule has 0 saturated heterocycles. The van der Waals surface area contributed by atoms with Gasteiger partial charge in [0.1, 0.15) is 0 Å². The Kier molecular flexibility index (Phi) is 10.8. The molecule has 6 heteroatoms. The number of benzene rings is 1. The van der Waals surface area contributed by atoms with Crippen molar-refractivity contribution in [3.63, 3.8) is 0 Å². The second-order valence-electron chi connectivity index (χ2n) is 7.31. The molecule has 156 valence electrons. The predicted octanol–water partition coefficient (Wildman–Crippen LogP) is 1.99. The molecule has 2 aromatic rings. The summed E-state index contributed by atoms with van der Waals surface area (Å²) in [5.74, 6) is 0.101. The van der Waals surface area contributed by atoms with Gasteiger partial charge in [-0.15, -0.1) is 0 Å². The maximum absolute atomic E-state index is 13.5. The maximum atomic E-state index is 13.5. The smallest absolute Gasteiger partial charge is 0.317 e. The van der Waals surface area contributed by atoms with Gasteiger partial charge in [0.25, 0.3) is 0 Å². The van der Waals surface area contributed by atoms with Crippen LogP contribution in [0.25, 0.3) is 5.69 Å². The largest absolute Gasteiger partial charge is 1.00 e. The lowest BCUT2D eigenvalue weighted by molar-refractivity contribution is -0.00000690. The fraction of sp³-hybridized carbons (Fsp3) is 0.545. The molecular weight excluding hydrogens is 391 g/mol. The Morgan fingerprint density at radius 3 is 1.89 bits per heavy atom. The van der Waals surface area contributed by atoms with E-state index in [0.717, 1.165) is 62.7 Å². The average molecular weight is 425 g/mol. The van der Waals surface area contributed by atoms with Crippen molar-refractivity contribution in [3.8, 4) is 11.4 Å². The molecule has 1 aromatic carbocycles. The lowest BCUT2D eigenvalue weighted by Crippen LogP contribution is -3.00. The van der Waals surface area contributed by atoms with Crippen LogP contribution in [0.3, 0.4) is 0 Å². The molecule has 0 aliphatic rings. The Balaban J connectivity index is 0.00000392. The number of rotatable bonds is 11. The van der Waals surface area contributed by atoms with Gasteiger partial charge in [-0.25, -0.2) is 0 Å². The van der Waals surface area contributed by atoms with E-state index in [-0.39, 0.29) is 23.7 Å². The Bertz CT molecular complexity index is 743.